The Hall–Kier alpha value is -1.95. The Morgan fingerprint density at radius 2 is 2.22 bits per heavy atom. The van der Waals surface area contributed by atoms with E-state index in [9.17, 15) is 0 Å². The molecule has 1 aliphatic heterocycles. The molecule has 1 saturated heterocycles. The van der Waals surface area contributed by atoms with Gasteiger partial charge in [0.25, 0.3) is 0 Å². The van der Waals surface area contributed by atoms with Crippen molar-refractivity contribution in [3.8, 4) is 0 Å². The summed E-state index contributed by atoms with van der Waals surface area (Å²) in [4.78, 5) is 22.1. The molecule has 1 unspecified atom stereocenters. The second-order valence-corrected chi connectivity index (χ2v) is 7.28. The van der Waals surface area contributed by atoms with E-state index in [0.717, 1.165) is 47.2 Å². The second kappa shape index (κ2) is 5.60. The van der Waals surface area contributed by atoms with Gasteiger partial charge >= 0.3 is 0 Å². The van der Waals surface area contributed by atoms with E-state index >= 15 is 0 Å². The number of H-pyrrole nitrogens is 1. The van der Waals surface area contributed by atoms with Crippen LogP contribution < -0.4 is 4.90 Å². The summed E-state index contributed by atoms with van der Waals surface area (Å²) in [6.07, 6.45) is 5.02. The zero-order valence-corrected chi connectivity index (χ0v) is 14.6. The maximum atomic E-state index is 4.73. The summed E-state index contributed by atoms with van der Waals surface area (Å²) >= 11 is 1.77. The third-order valence-electron chi connectivity index (χ3n) is 4.69. The number of hydrogen-bond acceptors (Lipinski definition) is 5. The fourth-order valence-electron chi connectivity index (χ4n) is 3.33. The molecule has 0 saturated carbocycles. The van der Waals surface area contributed by atoms with E-state index in [-0.39, 0.29) is 6.04 Å². The highest BCUT2D eigenvalue weighted by Gasteiger charge is 2.31. The Morgan fingerprint density at radius 1 is 1.35 bits per heavy atom. The average Bonchev–Trinajstić information content (AvgIpc) is 3.25. The van der Waals surface area contributed by atoms with E-state index in [0.29, 0.717) is 0 Å². The number of aromatic amines is 1. The molecule has 1 atom stereocenters. The van der Waals surface area contributed by atoms with Crippen LogP contribution in [0.15, 0.2) is 12.4 Å². The molecule has 5 nitrogen and oxygen atoms in total. The summed E-state index contributed by atoms with van der Waals surface area (Å²) in [5, 5.41) is 1.18. The maximum Gasteiger partial charge on any atom is 0.141 e. The van der Waals surface area contributed by atoms with Gasteiger partial charge in [-0.2, -0.15) is 0 Å². The van der Waals surface area contributed by atoms with E-state index in [1.807, 2.05) is 0 Å². The molecule has 1 aliphatic rings. The summed E-state index contributed by atoms with van der Waals surface area (Å²) in [5.41, 5.74) is 2.24. The van der Waals surface area contributed by atoms with Crippen LogP contribution in [0.4, 0.5) is 5.82 Å². The van der Waals surface area contributed by atoms with Crippen LogP contribution in [0.2, 0.25) is 0 Å². The predicted molar refractivity (Wildman–Crippen MR) is 94.2 cm³/mol. The van der Waals surface area contributed by atoms with Crippen molar-refractivity contribution in [1.82, 2.24) is 19.9 Å². The molecule has 23 heavy (non-hydrogen) atoms. The fraction of sp³-hybridized carbons (Fsp3) is 0.471. The van der Waals surface area contributed by atoms with Gasteiger partial charge in [-0.1, -0.05) is 6.92 Å². The third kappa shape index (κ3) is 2.41. The Morgan fingerprint density at radius 3 is 2.96 bits per heavy atom. The number of rotatable bonds is 3. The smallest absolute Gasteiger partial charge is 0.141 e. The van der Waals surface area contributed by atoms with Crippen molar-refractivity contribution < 1.29 is 0 Å². The van der Waals surface area contributed by atoms with E-state index < -0.39 is 0 Å². The first kappa shape index (κ1) is 14.6. The monoisotopic (exact) mass is 327 g/mol. The van der Waals surface area contributed by atoms with E-state index in [1.165, 1.54) is 16.7 Å². The molecular formula is C17H21N5S. The number of aromatic nitrogens is 4. The molecule has 0 aliphatic carbocycles. The molecular weight excluding hydrogens is 306 g/mol. The van der Waals surface area contributed by atoms with Gasteiger partial charge < -0.3 is 9.88 Å². The number of imidazole rings is 1. The molecule has 0 amide bonds. The Balaban J connectivity index is 1.78. The molecule has 0 aromatic carbocycles. The molecule has 3 aromatic heterocycles. The van der Waals surface area contributed by atoms with Gasteiger partial charge in [0.2, 0.25) is 0 Å². The van der Waals surface area contributed by atoms with Crippen LogP contribution in [0.3, 0.4) is 0 Å². The van der Waals surface area contributed by atoms with Crippen LogP contribution in [0.5, 0.6) is 0 Å². The second-order valence-electron chi connectivity index (χ2n) is 6.17. The van der Waals surface area contributed by atoms with Crippen molar-refractivity contribution in [1.29, 1.82) is 0 Å². The topological polar surface area (TPSA) is 57.7 Å². The Bertz CT molecular complexity index is 830. The van der Waals surface area contributed by atoms with Gasteiger partial charge in [-0.25, -0.2) is 15.0 Å². The van der Waals surface area contributed by atoms with Gasteiger partial charge in [0, 0.05) is 17.1 Å². The van der Waals surface area contributed by atoms with Crippen molar-refractivity contribution in [2.45, 2.75) is 46.1 Å². The van der Waals surface area contributed by atoms with Gasteiger partial charge in [-0.05, 0) is 39.2 Å². The number of nitrogens with one attached hydrogen (secondary N) is 1. The van der Waals surface area contributed by atoms with Crippen molar-refractivity contribution >= 4 is 27.4 Å². The summed E-state index contributed by atoms with van der Waals surface area (Å²) in [6, 6.07) is 2.54. The quantitative estimate of drug-likeness (QED) is 0.792. The minimum atomic E-state index is 0.283. The highest BCUT2D eigenvalue weighted by Crippen LogP contribution is 2.38. The molecule has 1 fully saturated rings. The lowest BCUT2D eigenvalue weighted by Crippen LogP contribution is -2.24. The first-order valence-electron chi connectivity index (χ1n) is 8.20. The van der Waals surface area contributed by atoms with Crippen molar-refractivity contribution in [3.05, 3.63) is 34.5 Å². The molecule has 3 aromatic rings. The largest absolute Gasteiger partial charge is 0.346 e. The van der Waals surface area contributed by atoms with Crippen LogP contribution in [0, 0.1) is 13.8 Å². The van der Waals surface area contributed by atoms with Gasteiger partial charge in [0.05, 0.1) is 17.1 Å². The lowest BCUT2D eigenvalue weighted by Gasteiger charge is -2.24. The first-order valence-corrected chi connectivity index (χ1v) is 9.02. The molecule has 6 heteroatoms. The SMILES string of the molecule is CCc1cc2c(N3CCCC3c3nc(C)c(C)[nH]3)ncnc2s1. The van der Waals surface area contributed by atoms with E-state index in [1.54, 1.807) is 17.7 Å². The Kier molecular flexibility index (Phi) is 3.56. The van der Waals surface area contributed by atoms with Crippen molar-refractivity contribution in [3.63, 3.8) is 0 Å². The lowest BCUT2D eigenvalue weighted by molar-refractivity contribution is 0.669. The van der Waals surface area contributed by atoms with Crippen LogP contribution in [-0.4, -0.2) is 26.5 Å². The van der Waals surface area contributed by atoms with E-state index in [2.05, 4.69) is 46.7 Å². The van der Waals surface area contributed by atoms with Crippen LogP contribution >= 0.6 is 11.3 Å². The van der Waals surface area contributed by atoms with Crippen molar-refractivity contribution in [2.75, 3.05) is 11.4 Å². The lowest BCUT2D eigenvalue weighted by atomic mass is 10.2. The Labute approximate surface area is 139 Å². The van der Waals surface area contributed by atoms with Gasteiger partial charge in [0.1, 0.15) is 22.8 Å². The number of hydrogen-bond donors (Lipinski definition) is 1. The zero-order valence-electron chi connectivity index (χ0n) is 13.8. The maximum absolute atomic E-state index is 4.73. The fourth-order valence-corrected chi connectivity index (χ4v) is 4.26. The van der Waals surface area contributed by atoms with Gasteiger partial charge in [-0.15, -0.1) is 11.3 Å². The highest BCUT2D eigenvalue weighted by atomic mass is 32.1. The number of anilines is 1. The minimum Gasteiger partial charge on any atom is -0.346 e. The standard InChI is InChI=1S/C17H21N5S/c1-4-12-8-13-16(18-9-19-17(13)23-12)22-7-5-6-14(22)15-20-10(2)11(3)21-15/h8-9,14H,4-7H2,1-3H3,(H,20,21). The van der Waals surface area contributed by atoms with Gasteiger partial charge in [-0.3, -0.25) is 0 Å². The average molecular weight is 327 g/mol. The molecule has 4 heterocycles. The third-order valence-corrected chi connectivity index (χ3v) is 5.88. The normalized spacial score (nSPS) is 18.2. The first-order chi connectivity index (χ1) is 11.2. The number of thiophene rings is 1. The predicted octanol–water partition coefficient (Wildman–Crippen LogP) is 3.94. The molecule has 0 radical (unpaired) electrons. The molecule has 120 valence electrons. The van der Waals surface area contributed by atoms with Crippen LogP contribution in [0.25, 0.3) is 10.2 Å². The summed E-state index contributed by atoms with van der Waals surface area (Å²) < 4.78 is 0. The summed E-state index contributed by atoms with van der Waals surface area (Å²) in [7, 11) is 0. The molecule has 1 N–H and O–H groups in total. The molecule has 0 spiro atoms. The summed E-state index contributed by atoms with van der Waals surface area (Å²) in [6.45, 7) is 7.35. The van der Waals surface area contributed by atoms with Crippen LogP contribution in [-0.2, 0) is 6.42 Å². The molecule has 0 bridgehead atoms. The van der Waals surface area contributed by atoms with Crippen molar-refractivity contribution in [2.24, 2.45) is 0 Å². The van der Waals surface area contributed by atoms with Gasteiger partial charge in [0.15, 0.2) is 0 Å². The number of aryl methyl sites for hydroxylation is 3. The number of nitrogens with zero attached hydrogens (tertiary/aromatic N) is 4. The highest BCUT2D eigenvalue weighted by molar-refractivity contribution is 7.18. The molecule has 4 rings (SSSR count). The minimum absolute atomic E-state index is 0.283. The summed E-state index contributed by atoms with van der Waals surface area (Å²) in [5.74, 6) is 2.12. The van der Waals surface area contributed by atoms with Crippen LogP contribution in [0.1, 0.15) is 47.9 Å². The zero-order chi connectivity index (χ0) is 16.0. The number of fused-ring (bicyclic) bond motifs is 1. The van der Waals surface area contributed by atoms with E-state index in [4.69, 9.17) is 4.98 Å².